The molecule has 0 aliphatic heterocycles. The molecule has 2 rings (SSSR count). The normalized spacial score (nSPS) is 11.1. The van der Waals surface area contributed by atoms with Gasteiger partial charge in [-0.2, -0.15) is 5.10 Å². The van der Waals surface area contributed by atoms with E-state index < -0.39 is 0 Å². The lowest BCUT2D eigenvalue weighted by Crippen LogP contribution is -1.93. The third-order valence-electron chi connectivity index (χ3n) is 2.09. The van der Waals surface area contributed by atoms with Gasteiger partial charge in [0.25, 0.3) is 0 Å². The van der Waals surface area contributed by atoms with Crippen molar-refractivity contribution in [1.82, 2.24) is 9.78 Å². The molecular formula is C12H10BrFN2. The van der Waals surface area contributed by atoms with Gasteiger partial charge in [0.2, 0.25) is 0 Å². The largest absolute Gasteiger partial charge is 0.240 e. The van der Waals surface area contributed by atoms with Crippen molar-refractivity contribution in [3.8, 4) is 5.69 Å². The molecule has 0 radical (unpaired) electrons. The highest BCUT2D eigenvalue weighted by Gasteiger charge is 1.98. The topological polar surface area (TPSA) is 17.8 Å². The second-order valence-corrected chi connectivity index (χ2v) is 3.90. The Hall–Kier alpha value is -1.42. The number of benzene rings is 1. The molecule has 0 unspecified atom stereocenters. The van der Waals surface area contributed by atoms with Crippen molar-refractivity contribution in [1.29, 1.82) is 0 Å². The Morgan fingerprint density at radius 2 is 2.06 bits per heavy atom. The number of aromatic nitrogens is 2. The van der Waals surface area contributed by atoms with Crippen LogP contribution >= 0.6 is 15.9 Å². The maximum Gasteiger partial charge on any atom is 0.123 e. The average Bonchev–Trinajstić information content (AvgIpc) is 2.76. The molecule has 4 heteroatoms. The van der Waals surface area contributed by atoms with Gasteiger partial charge in [-0.3, -0.25) is 0 Å². The fourth-order valence-corrected chi connectivity index (χ4v) is 1.53. The van der Waals surface area contributed by atoms with Crippen LogP contribution in [0, 0.1) is 5.82 Å². The van der Waals surface area contributed by atoms with Gasteiger partial charge in [-0.1, -0.05) is 28.1 Å². The lowest BCUT2D eigenvalue weighted by Gasteiger charge is -1.99. The van der Waals surface area contributed by atoms with Crippen LogP contribution in [0.5, 0.6) is 0 Å². The Bertz CT molecular complexity index is 488. The molecule has 0 saturated carbocycles. The minimum atomic E-state index is -0.240. The van der Waals surface area contributed by atoms with Crippen LogP contribution in [-0.2, 0) is 0 Å². The van der Waals surface area contributed by atoms with E-state index in [-0.39, 0.29) is 5.82 Å². The Kier molecular flexibility index (Phi) is 3.51. The molecule has 1 aromatic heterocycles. The summed E-state index contributed by atoms with van der Waals surface area (Å²) in [6, 6.07) is 6.23. The number of halogens is 2. The van der Waals surface area contributed by atoms with Crippen LogP contribution in [0.3, 0.4) is 0 Å². The van der Waals surface area contributed by atoms with E-state index in [2.05, 4.69) is 21.0 Å². The quantitative estimate of drug-likeness (QED) is 0.788. The van der Waals surface area contributed by atoms with Crippen molar-refractivity contribution >= 4 is 22.0 Å². The third kappa shape index (κ3) is 2.58. The zero-order valence-corrected chi connectivity index (χ0v) is 10.1. The molecule has 0 spiro atoms. The standard InChI is InChI=1S/C12H10BrFN2/c13-7-1-2-10-8-15-16(9-10)12-5-3-11(14)4-6-12/h1-6,8-9H,7H2. The number of allylic oxidation sites excluding steroid dienone is 1. The summed E-state index contributed by atoms with van der Waals surface area (Å²) in [5.74, 6) is -0.240. The molecule has 16 heavy (non-hydrogen) atoms. The van der Waals surface area contributed by atoms with Crippen molar-refractivity contribution in [2.45, 2.75) is 0 Å². The highest BCUT2D eigenvalue weighted by molar-refractivity contribution is 9.09. The molecule has 2 nitrogen and oxygen atoms in total. The predicted octanol–water partition coefficient (Wildman–Crippen LogP) is 3.42. The molecule has 0 aliphatic carbocycles. The van der Waals surface area contributed by atoms with Crippen LogP contribution in [0.2, 0.25) is 0 Å². The Labute approximate surface area is 102 Å². The molecule has 1 aromatic carbocycles. The molecular weight excluding hydrogens is 271 g/mol. The zero-order valence-electron chi connectivity index (χ0n) is 8.48. The summed E-state index contributed by atoms with van der Waals surface area (Å²) >= 11 is 3.31. The second-order valence-electron chi connectivity index (χ2n) is 3.25. The Morgan fingerprint density at radius 1 is 1.31 bits per heavy atom. The van der Waals surface area contributed by atoms with Crippen LogP contribution in [0.4, 0.5) is 4.39 Å². The maximum atomic E-state index is 12.7. The third-order valence-corrected chi connectivity index (χ3v) is 2.47. The molecule has 0 aliphatic rings. The first kappa shape index (κ1) is 11.1. The van der Waals surface area contributed by atoms with Gasteiger partial charge in [0.15, 0.2) is 0 Å². The summed E-state index contributed by atoms with van der Waals surface area (Å²) in [7, 11) is 0. The van der Waals surface area contributed by atoms with Crippen LogP contribution in [-0.4, -0.2) is 15.1 Å². The molecule has 0 bridgehead atoms. The summed E-state index contributed by atoms with van der Waals surface area (Å²) in [5.41, 5.74) is 1.86. The molecule has 0 atom stereocenters. The van der Waals surface area contributed by atoms with E-state index in [9.17, 15) is 4.39 Å². The summed E-state index contributed by atoms with van der Waals surface area (Å²) in [6.45, 7) is 0. The van der Waals surface area contributed by atoms with E-state index in [4.69, 9.17) is 0 Å². The number of alkyl halides is 1. The Morgan fingerprint density at radius 3 is 2.75 bits per heavy atom. The maximum absolute atomic E-state index is 12.7. The van der Waals surface area contributed by atoms with Crippen LogP contribution in [0.15, 0.2) is 42.7 Å². The van der Waals surface area contributed by atoms with Gasteiger partial charge >= 0.3 is 0 Å². The average molecular weight is 281 g/mol. The molecule has 1 heterocycles. The monoisotopic (exact) mass is 280 g/mol. The fourth-order valence-electron chi connectivity index (χ4n) is 1.34. The van der Waals surface area contributed by atoms with Crippen molar-refractivity contribution in [2.75, 3.05) is 5.33 Å². The fraction of sp³-hybridized carbons (Fsp3) is 0.0833. The van der Waals surface area contributed by atoms with Gasteiger partial charge in [-0.05, 0) is 24.3 Å². The van der Waals surface area contributed by atoms with E-state index in [1.165, 1.54) is 12.1 Å². The van der Waals surface area contributed by atoms with Crippen molar-refractivity contribution in [3.63, 3.8) is 0 Å². The van der Waals surface area contributed by atoms with Crippen molar-refractivity contribution in [3.05, 3.63) is 54.1 Å². The van der Waals surface area contributed by atoms with Crippen molar-refractivity contribution in [2.24, 2.45) is 0 Å². The Balaban J connectivity index is 2.24. The first-order chi connectivity index (χ1) is 7.79. The first-order valence-electron chi connectivity index (χ1n) is 4.83. The second kappa shape index (κ2) is 5.07. The smallest absolute Gasteiger partial charge is 0.123 e. The minimum Gasteiger partial charge on any atom is -0.240 e. The predicted molar refractivity (Wildman–Crippen MR) is 66.4 cm³/mol. The molecule has 0 N–H and O–H groups in total. The van der Waals surface area contributed by atoms with Crippen LogP contribution < -0.4 is 0 Å². The van der Waals surface area contributed by atoms with Crippen LogP contribution in [0.1, 0.15) is 5.56 Å². The highest BCUT2D eigenvalue weighted by Crippen LogP contribution is 2.10. The van der Waals surface area contributed by atoms with Crippen LogP contribution in [0.25, 0.3) is 11.8 Å². The number of rotatable bonds is 3. The minimum absolute atomic E-state index is 0.240. The summed E-state index contributed by atoms with van der Waals surface area (Å²) in [6.07, 6.45) is 7.63. The zero-order chi connectivity index (χ0) is 11.4. The van der Waals surface area contributed by atoms with E-state index in [1.54, 1.807) is 23.0 Å². The van der Waals surface area contributed by atoms with Gasteiger partial charge in [0.1, 0.15) is 5.82 Å². The molecule has 0 amide bonds. The lowest BCUT2D eigenvalue weighted by atomic mass is 10.3. The van der Waals surface area contributed by atoms with E-state index in [0.29, 0.717) is 0 Å². The summed E-state index contributed by atoms with van der Waals surface area (Å²) in [4.78, 5) is 0. The highest BCUT2D eigenvalue weighted by atomic mass is 79.9. The SMILES string of the molecule is Fc1ccc(-n2cc(C=CCBr)cn2)cc1. The first-order valence-corrected chi connectivity index (χ1v) is 5.95. The molecule has 2 aromatic rings. The number of nitrogens with zero attached hydrogens (tertiary/aromatic N) is 2. The van der Waals surface area contributed by atoms with Gasteiger partial charge in [-0.15, -0.1) is 0 Å². The summed E-state index contributed by atoms with van der Waals surface area (Å²) < 4.78 is 14.4. The lowest BCUT2D eigenvalue weighted by molar-refractivity contribution is 0.627. The van der Waals surface area contributed by atoms with Gasteiger partial charge in [-0.25, -0.2) is 9.07 Å². The van der Waals surface area contributed by atoms with Gasteiger partial charge in [0, 0.05) is 17.1 Å². The van der Waals surface area contributed by atoms with Gasteiger partial charge in [0.05, 0.1) is 11.9 Å². The molecule has 82 valence electrons. The number of hydrogen-bond acceptors (Lipinski definition) is 1. The number of hydrogen-bond donors (Lipinski definition) is 0. The summed E-state index contributed by atoms with van der Waals surface area (Å²) in [5, 5.41) is 5.01. The van der Waals surface area contributed by atoms with E-state index in [1.807, 2.05) is 18.3 Å². The molecule has 0 saturated heterocycles. The van der Waals surface area contributed by atoms with E-state index >= 15 is 0 Å². The van der Waals surface area contributed by atoms with Crippen molar-refractivity contribution < 1.29 is 4.39 Å². The molecule has 0 fully saturated rings. The van der Waals surface area contributed by atoms with Gasteiger partial charge < -0.3 is 0 Å². The van der Waals surface area contributed by atoms with E-state index in [0.717, 1.165) is 16.6 Å².